The minimum Gasteiger partial charge on any atom is -0.368 e. The number of halogens is 4. The van der Waals surface area contributed by atoms with E-state index in [-0.39, 0.29) is 10.3 Å². The average Bonchev–Trinajstić information content (AvgIpc) is 2.56. The lowest BCUT2D eigenvalue weighted by molar-refractivity contribution is 0.724. The smallest absolute Gasteiger partial charge is 0.151 e. The fraction of sp³-hybridized carbons (Fsp3) is 0.500. The minimum atomic E-state index is 0.188. The molecule has 17 heavy (non-hydrogen) atoms. The van der Waals surface area contributed by atoms with Crippen LogP contribution in [0.15, 0.2) is 0 Å². The van der Waals surface area contributed by atoms with Crippen molar-refractivity contribution in [2.45, 2.75) is 6.42 Å². The van der Waals surface area contributed by atoms with Crippen LogP contribution in [0.5, 0.6) is 0 Å². The number of hydrogen-bond acceptors (Lipinski definition) is 3. The Labute approximate surface area is 120 Å². The van der Waals surface area contributed by atoms with E-state index in [0.29, 0.717) is 15.7 Å². The van der Waals surface area contributed by atoms with Crippen molar-refractivity contribution in [2.75, 3.05) is 31.1 Å². The van der Waals surface area contributed by atoms with Crippen LogP contribution in [0, 0.1) is 0 Å². The van der Waals surface area contributed by atoms with Gasteiger partial charge in [-0.3, -0.25) is 0 Å². The second-order valence-electron chi connectivity index (χ2n) is 3.76. The summed E-state index contributed by atoms with van der Waals surface area (Å²) in [6, 6.07) is 0. The minimum absolute atomic E-state index is 0.188. The third-order valence-corrected chi connectivity index (χ3v) is 4.09. The summed E-state index contributed by atoms with van der Waals surface area (Å²) >= 11 is 24.2. The molecule has 1 fully saturated rings. The van der Waals surface area contributed by atoms with E-state index in [9.17, 15) is 0 Å². The van der Waals surface area contributed by atoms with Gasteiger partial charge in [-0.1, -0.05) is 46.4 Å². The van der Waals surface area contributed by atoms with Crippen molar-refractivity contribution in [1.29, 1.82) is 0 Å². The van der Waals surface area contributed by atoms with E-state index in [1.807, 2.05) is 0 Å². The molecule has 0 amide bonds. The van der Waals surface area contributed by atoms with Gasteiger partial charge in [-0.2, -0.15) is 0 Å². The summed E-state index contributed by atoms with van der Waals surface area (Å²) in [5.74, 6) is 0. The first kappa shape index (κ1) is 13.5. The fourth-order valence-electron chi connectivity index (χ4n) is 1.82. The molecule has 1 aliphatic heterocycles. The van der Waals surface area contributed by atoms with Gasteiger partial charge in [0.25, 0.3) is 0 Å². The number of rotatable bonds is 1. The molecule has 1 saturated heterocycles. The van der Waals surface area contributed by atoms with Gasteiger partial charge in [0.15, 0.2) is 10.3 Å². The number of hydrogen-bond donors (Lipinski definition) is 1. The van der Waals surface area contributed by atoms with E-state index in [1.165, 1.54) is 0 Å². The number of aromatic nitrogens is 1. The maximum Gasteiger partial charge on any atom is 0.151 e. The molecule has 7 heteroatoms. The highest BCUT2D eigenvalue weighted by Gasteiger charge is 2.21. The molecule has 94 valence electrons. The predicted molar refractivity (Wildman–Crippen MR) is 74.0 cm³/mol. The standard InChI is InChI=1S/C10H11Cl4N3/c11-6-8(7(12)10(14)16-9(6)13)17-4-1-2-15-3-5-17/h15H,1-5H2. The molecule has 0 spiro atoms. The number of pyridine rings is 1. The Morgan fingerprint density at radius 3 is 2.24 bits per heavy atom. The molecule has 0 aromatic carbocycles. The van der Waals surface area contributed by atoms with E-state index >= 15 is 0 Å². The lowest BCUT2D eigenvalue weighted by Crippen LogP contribution is -2.28. The van der Waals surface area contributed by atoms with E-state index in [4.69, 9.17) is 46.4 Å². The van der Waals surface area contributed by atoms with Crippen LogP contribution in [0.3, 0.4) is 0 Å². The highest BCUT2D eigenvalue weighted by atomic mass is 35.5. The molecule has 0 aliphatic carbocycles. The van der Waals surface area contributed by atoms with Crippen LogP contribution in [-0.4, -0.2) is 31.2 Å². The van der Waals surface area contributed by atoms with Crippen LogP contribution in [0.2, 0.25) is 20.4 Å². The van der Waals surface area contributed by atoms with E-state index in [1.54, 1.807) is 0 Å². The third kappa shape index (κ3) is 2.91. The molecule has 1 aliphatic rings. The van der Waals surface area contributed by atoms with Gasteiger partial charge in [0.05, 0.1) is 5.69 Å². The maximum absolute atomic E-state index is 6.16. The summed E-state index contributed by atoms with van der Waals surface area (Å²) in [6.07, 6.45) is 1.02. The van der Waals surface area contributed by atoms with Gasteiger partial charge in [-0.05, 0) is 13.0 Å². The van der Waals surface area contributed by atoms with Crippen LogP contribution in [0.4, 0.5) is 5.69 Å². The molecule has 0 bridgehead atoms. The molecule has 0 saturated carbocycles. The van der Waals surface area contributed by atoms with Crippen LogP contribution in [0.25, 0.3) is 0 Å². The maximum atomic E-state index is 6.16. The first-order valence-electron chi connectivity index (χ1n) is 5.27. The van der Waals surface area contributed by atoms with Crippen molar-refractivity contribution in [1.82, 2.24) is 10.3 Å². The summed E-state index contributed by atoms with van der Waals surface area (Å²) in [4.78, 5) is 5.96. The molecule has 0 atom stereocenters. The SMILES string of the molecule is Clc1nc(Cl)c(Cl)c(N2CCCNCC2)c1Cl. The lowest BCUT2D eigenvalue weighted by Gasteiger charge is -2.25. The molecule has 1 N–H and O–H groups in total. The Morgan fingerprint density at radius 2 is 1.59 bits per heavy atom. The zero-order chi connectivity index (χ0) is 12.4. The van der Waals surface area contributed by atoms with Gasteiger partial charge in [0.1, 0.15) is 10.0 Å². The van der Waals surface area contributed by atoms with Crippen molar-refractivity contribution in [3.05, 3.63) is 20.4 Å². The Bertz CT molecular complexity index is 390. The van der Waals surface area contributed by atoms with Crippen molar-refractivity contribution < 1.29 is 0 Å². The number of nitrogens with zero attached hydrogens (tertiary/aromatic N) is 2. The van der Waals surface area contributed by atoms with Crippen molar-refractivity contribution in [3.63, 3.8) is 0 Å². The van der Waals surface area contributed by atoms with Gasteiger partial charge in [-0.25, -0.2) is 4.98 Å². The number of anilines is 1. The molecular weight excluding hydrogens is 304 g/mol. The quantitative estimate of drug-likeness (QED) is 0.804. The molecule has 1 aromatic rings. The first-order valence-corrected chi connectivity index (χ1v) is 6.78. The van der Waals surface area contributed by atoms with Gasteiger partial charge in [-0.15, -0.1) is 0 Å². The topological polar surface area (TPSA) is 28.2 Å². The monoisotopic (exact) mass is 313 g/mol. The second kappa shape index (κ2) is 5.81. The summed E-state index contributed by atoms with van der Waals surface area (Å²) in [5.41, 5.74) is 0.682. The van der Waals surface area contributed by atoms with Crippen LogP contribution >= 0.6 is 46.4 Å². The molecule has 1 aromatic heterocycles. The molecule has 0 radical (unpaired) electrons. The summed E-state index contributed by atoms with van der Waals surface area (Å²) < 4.78 is 0. The fourth-order valence-corrected chi connectivity index (χ4v) is 2.78. The van der Waals surface area contributed by atoms with E-state index in [2.05, 4.69) is 15.2 Å². The van der Waals surface area contributed by atoms with Crippen LogP contribution < -0.4 is 10.2 Å². The Kier molecular flexibility index (Phi) is 4.61. The van der Waals surface area contributed by atoms with Crippen LogP contribution in [-0.2, 0) is 0 Å². The normalized spacial score (nSPS) is 17.1. The van der Waals surface area contributed by atoms with Gasteiger partial charge in [0, 0.05) is 19.6 Å². The zero-order valence-corrected chi connectivity index (χ0v) is 12.0. The van der Waals surface area contributed by atoms with Gasteiger partial charge in [0.2, 0.25) is 0 Å². The lowest BCUT2D eigenvalue weighted by atomic mass is 10.3. The highest BCUT2D eigenvalue weighted by Crippen LogP contribution is 2.41. The summed E-state index contributed by atoms with van der Waals surface area (Å²) in [5, 5.41) is 4.41. The number of nitrogens with one attached hydrogen (secondary N) is 1. The van der Waals surface area contributed by atoms with Gasteiger partial charge < -0.3 is 10.2 Å². The Hall–Kier alpha value is 0.0700. The predicted octanol–water partition coefficient (Wildman–Crippen LogP) is 3.49. The average molecular weight is 315 g/mol. The van der Waals surface area contributed by atoms with Crippen molar-refractivity contribution in [3.8, 4) is 0 Å². The van der Waals surface area contributed by atoms with Crippen molar-refractivity contribution in [2.24, 2.45) is 0 Å². The first-order chi connectivity index (χ1) is 8.11. The second-order valence-corrected chi connectivity index (χ2v) is 5.23. The van der Waals surface area contributed by atoms with Gasteiger partial charge >= 0.3 is 0 Å². The largest absolute Gasteiger partial charge is 0.368 e. The molecule has 3 nitrogen and oxygen atoms in total. The molecule has 2 rings (SSSR count). The Morgan fingerprint density at radius 1 is 0.941 bits per heavy atom. The Balaban J connectivity index is 2.42. The molecular formula is C10H11Cl4N3. The molecule has 2 heterocycles. The zero-order valence-electron chi connectivity index (χ0n) is 8.94. The van der Waals surface area contributed by atoms with E-state index < -0.39 is 0 Å². The van der Waals surface area contributed by atoms with E-state index in [0.717, 1.165) is 32.6 Å². The van der Waals surface area contributed by atoms with Crippen molar-refractivity contribution >= 4 is 52.1 Å². The summed E-state index contributed by atoms with van der Waals surface area (Å²) in [7, 11) is 0. The highest BCUT2D eigenvalue weighted by molar-refractivity contribution is 6.48. The third-order valence-electron chi connectivity index (χ3n) is 2.63. The van der Waals surface area contributed by atoms with Crippen LogP contribution in [0.1, 0.15) is 6.42 Å². The summed E-state index contributed by atoms with van der Waals surface area (Å²) in [6.45, 7) is 3.54. The molecule has 0 unspecified atom stereocenters.